The number of ether oxygens (including phenoxy) is 1. The Kier molecular flexibility index (Phi) is 5.91. The maximum atomic E-state index is 12.5. The Morgan fingerprint density at radius 1 is 1.04 bits per heavy atom. The predicted molar refractivity (Wildman–Crippen MR) is 109 cm³/mol. The number of rotatable bonds is 5. The zero-order chi connectivity index (χ0) is 20.1. The summed E-state index contributed by atoms with van der Waals surface area (Å²) in [7, 11) is 1.28. The first-order chi connectivity index (χ1) is 13.5. The standard InChI is InChI=1S/C21H18ClN3O3/c1-13-5-3-4-6-17(13)24-15-8-10-18(23-12-15)20(26)25-19-11-14(21(27)28-2)7-9-16(19)22/h3-12,24H,1-2H3,(H,25,26). The van der Waals surface area contributed by atoms with E-state index in [9.17, 15) is 9.59 Å². The number of carbonyl (C=O) groups is 2. The van der Waals surface area contributed by atoms with Gasteiger partial charge in [0.2, 0.25) is 0 Å². The highest BCUT2D eigenvalue weighted by Crippen LogP contribution is 2.24. The summed E-state index contributed by atoms with van der Waals surface area (Å²) < 4.78 is 4.68. The minimum absolute atomic E-state index is 0.217. The van der Waals surface area contributed by atoms with Crippen molar-refractivity contribution >= 4 is 40.5 Å². The van der Waals surface area contributed by atoms with Crippen molar-refractivity contribution in [3.8, 4) is 0 Å². The molecule has 0 fully saturated rings. The molecule has 1 heterocycles. The molecule has 0 radical (unpaired) electrons. The minimum Gasteiger partial charge on any atom is -0.465 e. The van der Waals surface area contributed by atoms with Gasteiger partial charge in [0.1, 0.15) is 5.69 Å². The van der Waals surface area contributed by atoms with E-state index in [-0.39, 0.29) is 11.3 Å². The molecule has 3 aromatic rings. The Bertz CT molecular complexity index is 1020. The number of anilines is 3. The van der Waals surface area contributed by atoms with E-state index in [2.05, 4.69) is 20.4 Å². The van der Waals surface area contributed by atoms with Gasteiger partial charge in [0.15, 0.2) is 0 Å². The molecule has 2 aromatic carbocycles. The highest BCUT2D eigenvalue weighted by atomic mass is 35.5. The summed E-state index contributed by atoms with van der Waals surface area (Å²) >= 11 is 6.11. The molecule has 6 nitrogen and oxygen atoms in total. The van der Waals surface area contributed by atoms with Crippen LogP contribution in [0.15, 0.2) is 60.8 Å². The number of pyridine rings is 1. The molecule has 0 atom stereocenters. The van der Waals surface area contributed by atoms with Crippen LogP contribution in [0.5, 0.6) is 0 Å². The molecule has 2 N–H and O–H groups in total. The molecule has 0 aliphatic carbocycles. The lowest BCUT2D eigenvalue weighted by atomic mass is 10.2. The van der Waals surface area contributed by atoms with Gasteiger partial charge in [-0.05, 0) is 48.9 Å². The zero-order valence-electron chi connectivity index (χ0n) is 15.3. The number of hydrogen-bond acceptors (Lipinski definition) is 5. The van der Waals surface area contributed by atoms with Crippen molar-refractivity contribution in [1.29, 1.82) is 0 Å². The molecule has 0 bridgehead atoms. The van der Waals surface area contributed by atoms with Crippen molar-refractivity contribution in [2.45, 2.75) is 6.92 Å². The predicted octanol–water partition coefficient (Wildman–Crippen LogP) is 4.83. The van der Waals surface area contributed by atoms with E-state index < -0.39 is 11.9 Å². The fraction of sp³-hybridized carbons (Fsp3) is 0.0952. The summed E-state index contributed by atoms with van der Waals surface area (Å²) in [5.74, 6) is -0.955. The van der Waals surface area contributed by atoms with Crippen LogP contribution in [0.1, 0.15) is 26.4 Å². The summed E-state index contributed by atoms with van der Waals surface area (Å²) in [4.78, 5) is 28.3. The number of aromatic nitrogens is 1. The lowest BCUT2D eigenvalue weighted by molar-refractivity contribution is 0.0600. The van der Waals surface area contributed by atoms with Gasteiger partial charge >= 0.3 is 5.97 Å². The largest absolute Gasteiger partial charge is 0.465 e. The molecular formula is C21H18ClN3O3. The van der Waals surface area contributed by atoms with E-state index >= 15 is 0 Å². The molecule has 0 spiro atoms. The van der Waals surface area contributed by atoms with Crippen molar-refractivity contribution in [1.82, 2.24) is 4.98 Å². The van der Waals surface area contributed by atoms with E-state index in [1.165, 1.54) is 25.3 Å². The first kappa shape index (κ1) is 19.4. The highest BCUT2D eigenvalue weighted by Gasteiger charge is 2.13. The molecule has 3 rings (SSSR count). The topological polar surface area (TPSA) is 80.3 Å². The Hall–Kier alpha value is -3.38. The smallest absolute Gasteiger partial charge is 0.337 e. The number of benzene rings is 2. The van der Waals surface area contributed by atoms with E-state index in [0.717, 1.165) is 16.9 Å². The minimum atomic E-state index is -0.517. The van der Waals surface area contributed by atoms with Crippen molar-refractivity contribution < 1.29 is 14.3 Å². The van der Waals surface area contributed by atoms with Crippen molar-refractivity contribution in [2.75, 3.05) is 17.7 Å². The Balaban J connectivity index is 1.73. The Morgan fingerprint density at radius 3 is 2.50 bits per heavy atom. The number of halogens is 1. The number of para-hydroxylation sites is 1. The van der Waals surface area contributed by atoms with Gasteiger partial charge in [0.05, 0.1) is 35.3 Å². The van der Waals surface area contributed by atoms with Gasteiger partial charge in [0, 0.05) is 5.69 Å². The molecule has 0 saturated carbocycles. The molecule has 1 amide bonds. The van der Waals surface area contributed by atoms with E-state index in [0.29, 0.717) is 10.7 Å². The molecule has 28 heavy (non-hydrogen) atoms. The third-order valence-corrected chi connectivity index (χ3v) is 4.39. The first-order valence-electron chi connectivity index (χ1n) is 8.46. The van der Waals surface area contributed by atoms with E-state index in [1.54, 1.807) is 18.3 Å². The summed E-state index contributed by atoms with van der Waals surface area (Å²) in [5, 5.41) is 6.22. The fourth-order valence-corrected chi connectivity index (χ4v) is 2.69. The number of amides is 1. The van der Waals surface area contributed by atoms with Crippen LogP contribution in [0.4, 0.5) is 17.1 Å². The van der Waals surface area contributed by atoms with Gasteiger partial charge < -0.3 is 15.4 Å². The fourth-order valence-electron chi connectivity index (χ4n) is 2.52. The highest BCUT2D eigenvalue weighted by molar-refractivity contribution is 6.34. The second-order valence-corrected chi connectivity index (χ2v) is 6.42. The van der Waals surface area contributed by atoms with E-state index in [4.69, 9.17) is 11.6 Å². The van der Waals surface area contributed by atoms with Gasteiger partial charge in [-0.1, -0.05) is 29.8 Å². The maximum absolute atomic E-state index is 12.5. The third-order valence-electron chi connectivity index (χ3n) is 4.06. The van der Waals surface area contributed by atoms with Crippen molar-refractivity contribution in [3.63, 3.8) is 0 Å². The van der Waals surface area contributed by atoms with Crippen molar-refractivity contribution in [3.05, 3.63) is 82.6 Å². The van der Waals surface area contributed by atoms with Gasteiger partial charge in [-0.15, -0.1) is 0 Å². The van der Waals surface area contributed by atoms with Gasteiger partial charge in [0.25, 0.3) is 5.91 Å². The molecule has 0 aliphatic heterocycles. The summed E-state index contributed by atoms with van der Waals surface area (Å²) in [5.41, 5.74) is 3.63. The lowest BCUT2D eigenvalue weighted by Gasteiger charge is -2.10. The second kappa shape index (κ2) is 8.54. The van der Waals surface area contributed by atoms with Crippen LogP contribution in [-0.4, -0.2) is 24.0 Å². The Labute approximate surface area is 167 Å². The number of carbonyl (C=O) groups excluding carboxylic acids is 2. The molecule has 7 heteroatoms. The third kappa shape index (κ3) is 4.47. The number of esters is 1. The maximum Gasteiger partial charge on any atom is 0.337 e. The number of hydrogen-bond donors (Lipinski definition) is 2. The summed E-state index contributed by atoms with van der Waals surface area (Å²) in [6, 6.07) is 15.7. The van der Waals surface area contributed by atoms with Crippen LogP contribution in [0, 0.1) is 6.92 Å². The second-order valence-electron chi connectivity index (χ2n) is 6.01. The quantitative estimate of drug-likeness (QED) is 0.605. The molecule has 0 saturated heterocycles. The average molecular weight is 396 g/mol. The van der Waals surface area contributed by atoms with Crippen molar-refractivity contribution in [2.24, 2.45) is 0 Å². The van der Waals surface area contributed by atoms with Gasteiger partial charge in [-0.3, -0.25) is 4.79 Å². The molecule has 0 unspecified atom stereocenters. The molecule has 142 valence electrons. The first-order valence-corrected chi connectivity index (χ1v) is 8.83. The molecular weight excluding hydrogens is 378 g/mol. The zero-order valence-corrected chi connectivity index (χ0v) is 16.1. The SMILES string of the molecule is COC(=O)c1ccc(Cl)c(NC(=O)c2ccc(Nc3ccccc3C)cn2)c1. The van der Waals surface area contributed by atoms with Crippen LogP contribution >= 0.6 is 11.6 Å². The van der Waals surface area contributed by atoms with E-state index in [1.807, 2.05) is 31.2 Å². The summed E-state index contributed by atoms with van der Waals surface area (Å²) in [6.45, 7) is 2.00. The van der Waals surface area contributed by atoms with Gasteiger partial charge in [-0.2, -0.15) is 0 Å². The monoisotopic (exact) mass is 395 g/mol. The normalized spacial score (nSPS) is 10.2. The number of nitrogens with one attached hydrogen (secondary N) is 2. The number of methoxy groups -OCH3 is 1. The lowest BCUT2D eigenvalue weighted by Crippen LogP contribution is -2.14. The average Bonchev–Trinajstić information content (AvgIpc) is 2.71. The van der Waals surface area contributed by atoms with Gasteiger partial charge in [-0.25, -0.2) is 9.78 Å². The Morgan fingerprint density at radius 2 is 1.82 bits per heavy atom. The molecule has 1 aromatic heterocycles. The van der Waals surface area contributed by atoms with Crippen LogP contribution in [0.25, 0.3) is 0 Å². The van der Waals surface area contributed by atoms with Crippen LogP contribution < -0.4 is 10.6 Å². The van der Waals surface area contributed by atoms with Crippen LogP contribution in [-0.2, 0) is 4.74 Å². The summed E-state index contributed by atoms with van der Waals surface area (Å²) in [6.07, 6.45) is 1.58. The number of nitrogens with zero attached hydrogens (tertiary/aromatic N) is 1. The van der Waals surface area contributed by atoms with Crippen LogP contribution in [0.3, 0.4) is 0 Å². The molecule has 0 aliphatic rings. The number of aryl methyl sites for hydroxylation is 1. The van der Waals surface area contributed by atoms with Crippen LogP contribution in [0.2, 0.25) is 5.02 Å².